The van der Waals surface area contributed by atoms with E-state index in [0.29, 0.717) is 5.92 Å². The first-order valence-electron chi connectivity index (χ1n) is 6.10. The second-order valence-corrected chi connectivity index (χ2v) is 5.22. The van der Waals surface area contributed by atoms with Gasteiger partial charge in [0.05, 0.1) is 18.0 Å². The quantitative estimate of drug-likeness (QED) is 0.792. The third kappa shape index (κ3) is 3.31. The fourth-order valence-electron chi connectivity index (χ4n) is 2.27. The lowest BCUT2D eigenvalue weighted by molar-refractivity contribution is 0.210. The summed E-state index contributed by atoms with van der Waals surface area (Å²) in [4.78, 5) is 2.14. The van der Waals surface area contributed by atoms with Gasteiger partial charge in [-0.05, 0) is 32.5 Å². The van der Waals surface area contributed by atoms with E-state index in [-0.39, 0.29) is 12.0 Å². The van der Waals surface area contributed by atoms with E-state index in [2.05, 4.69) is 56.0 Å². The fraction of sp³-hybridized carbons (Fsp3) is 0.533. The summed E-state index contributed by atoms with van der Waals surface area (Å²) in [5.41, 5.74) is 2.48. The number of aryl methyl sites for hydroxylation is 1. The molecule has 2 nitrogen and oxygen atoms in total. The van der Waals surface area contributed by atoms with E-state index < -0.39 is 0 Å². The van der Waals surface area contributed by atoms with Gasteiger partial charge >= 0.3 is 0 Å². The summed E-state index contributed by atoms with van der Waals surface area (Å²) >= 11 is 0. The maximum Gasteiger partial charge on any atom is 0.0683 e. The predicted molar refractivity (Wildman–Crippen MR) is 71.5 cm³/mol. The van der Waals surface area contributed by atoms with Gasteiger partial charge in [-0.25, -0.2) is 0 Å². The molecule has 0 saturated heterocycles. The Morgan fingerprint density at radius 3 is 2.29 bits per heavy atom. The minimum atomic E-state index is 0.0202. The molecule has 92 valence electrons. The van der Waals surface area contributed by atoms with Gasteiger partial charge in [-0.1, -0.05) is 43.7 Å². The van der Waals surface area contributed by atoms with Gasteiger partial charge in [-0.3, -0.25) is 0 Å². The van der Waals surface area contributed by atoms with Crippen molar-refractivity contribution in [3.63, 3.8) is 0 Å². The van der Waals surface area contributed by atoms with Crippen molar-refractivity contribution in [3.8, 4) is 6.07 Å². The van der Waals surface area contributed by atoms with Gasteiger partial charge in [0.1, 0.15) is 0 Å². The number of rotatable bonds is 4. The largest absolute Gasteiger partial charge is 0.301 e. The smallest absolute Gasteiger partial charge is 0.0683 e. The Morgan fingerprint density at radius 2 is 1.88 bits per heavy atom. The number of hydrogen-bond acceptors (Lipinski definition) is 2. The van der Waals surface area contributed by atoms with Gasteiger partial charge in [0.2, 0.25) is 0 Å². The molecule has 0 amide bonds. The highest BCUT2D eigenvalue weighted by atomic mass is 15.1. The van der Waals surface area contributed by atoms with Gasteiger partial charge in [-0.15, -0.1) is 0 Å². The fourth-order valence-corrected chi connectivity index (χ4v) is 2.27. The summed E-state index contributed by atoms with van der Waals surface area (Å²) < 4.78 is 0. The standard InChI is InChI=1S/C15H22N2/c1-11(2)14(10-16)15(17(4)5)13-8-6-7-12(3)9-13/h6-9,11,14-15H,1-5H3. The van der Waals surface area contributed by atoms with E-state index in [0.717, 1.165) is 0 Å². The first-order chi connectivity index (χ1) is 7.97. The molecule has 0 aliphatic heterocycles. The molecule has 0 aliphatic carbocycles. The maximum atomic E-state index is 9.37. The average Bonchev–Trinajstić information content (AvgIpc) is 2.24. The lowest BCUT2D eigenvalue weighted by Crippen LogP contribution is -2.29. The summed E-state index contributed by atoms with van der Waals surface area (Å²) in [5, 5.41) is 9.37. The van der Waals surface area contributed by atoms with Gasteiger partial charge in [0.25, 0.3) is 0 Å². The molecular weight excluding hydrogens is 208 g/mol. The zero-order valence-corrected chi connectivity index (χ0v) is 11.4. The molecule has 0 N–H and O–H groups in total. The summed E-state index contributed by atoms with van der Waals surface area (Å²) in [6, 6.07) is 11.1. The van der Waals surface area contributed by atoms with Crippen LogP contribution in [0.25, 0.3) is 0 Å². The van der Waals surface area contributed by atoms with Gasteiger partial charge in [-0.2, -0.15) is 5.26 Å². The lowest BCUT2D eigenvalue weighted by Gasteiger charge is -2.31. The molecular formula is C15H22N2. The number of benzene rings is 1. The van der Waals surface area contributed by atoms with Crippen molar-refractivity contribution >= 4 is 0 Å². The van der Waals surface area contributed by atoms with Crippen LogP contribution in [-0.4, -0.2) is 19.0 Å². The highest BCUT2D eigenvalue weighted by Crippen LogP contribution is 2.31. The van der Waals surface area contributed by atoms with Crippen LogP contribution in [0.3, 0.4) is 0 Å². The summed E-state index contributed by atoms with van der Waals surface area (Å²) in [7, 11) is 4.08. The van der Waals surface area contributed by atoms with Crippen LogP contribution >= 0.6 is 0 Å². The summed E-state index contributed by atoms with van der Waals surface area (Å²) in [5.74, 6) is 0.375. The third-order valence-electron chi connectivity index (χ3n) is 3.15. The molecule has 0 spiro atoms. The summed E-state index contributed by atoms with van der Waals surface area (Å²) in [6.45, 7) is 6.31. The van der Waals surface area contributed by atoms with Crippen molar-refractivity contribution in [2.75, 3.05) is 14.1 Å². The monoisotopic (exact) mass is 230 g/mol. The molecule has 17 heavy (non-hydrogen) atoms. The van der Waals surface area contributed by atoms with Gasteiger partial charge < -0.3 is 4.90 Å². The molecule has 0 aromatic heterocycles. The van der Waals surface area contributed by atoms with Crippen LogP contribution < -0.4 is 0 Å². The van der Waals surface area contributed by atoms with Crippen LogP contribution in [0.15, 0.2) is 24.3 Å². The van der Waals surface area contributed by atoms with Crippen LogP contribution in [0.2, 0.25) is 0 Å². The Hall–Kier alpha value is -1.33. The Balaban J connectivity index is 3.14. The lowest BCUT2D eigenvalue weighted by atomic mass is 9.84. The molecule has 0 saturated carbocycles. The molecule has 2 unspecified atom stereocenters. The predicted octanol–water partition coefficient (Wildman–Crippen LogP) is 3.39. The SMILES string of the molecule is Cc1cccc(C(C(C#N)C(C)C)N(C)C)c1. The molecule has 0 aliphatic rings. The van der Waals surface area contributed by atoms with Crippen molar-refractivity contribution in [2.45, 2.75) is 26.8 Å². The number of nitrogens with zero attached hydrogens (tertiary/aromatic N) is 2. The molecule has 0 radical (unpaired) electrons. The Bertz CT molecular complexity index is 402. The van der Waals surface area contributed by atoms with Crippen molar-refractivity contribution in [3.05, 3.63) is 35.4 Å². The van der Waals surface area contributed by atoms with Crippen LogP contribution in [-0.2, 0) is 0 Å². The Labute approximate surface area is 105 Å². The van der Waals surface area contributed by atoms with E-state index in [9.17, 15) is 5.26 Å². The van der Waals surface area contributed by atoms with E-state index in [4.69, 9.17) is 0 Å². The first-order valence-corrected chi connectivity index (χ1v) is 6.10. The minimum Gasteiger partial charge on any atom is -0.301 e. The van der Waals surface area contributed by atoms with Crippen LogP contribution in [0.1, 0.15) is 31.0 Å². The molecule has 2 heteroatoms. The zero-order chi connectivity index (χ0) is 13.0. The third-order valence-corrected chi connectivity index (χ3v) is 3.15. The van der Waals surface area contributed by atoms with Crippen molar-refractivity contribution in [1.82, 2.24) is 4.90 Å². The van der Waals surface area contributed by atoms with Crippen LogP contribution in [0, 0.1) is 30.1 Å². The normalized spacial score (nSPS) is 14.7. The van der Waals surface area contributed by atoms with E-state index in [1.807, 2.05) is 14.1 Å². The molecule has 1 aromatic rings. The maximum absolute atomic E-state index is 9.37. The molecule has 0 bridgehead atoms. The van der Waals surface area contributed by atoms with E-state index in [1.54, 1.807) is 0 Å². The minimum absolute atomic E-state index is 0.0202. The van der Waals surface area contributed by atoms with Crippen molar-refractivity contribution in [2.24, 2.45) is 11.8 Å². The number of hydrogen-bond donors (Lipinski definition) is 0. The highest BCUT2D eigenvalue weighted by Gasteiger charge is 2.27. The van der Waals surface area contributed by atoms with E-state index >= 15 is 0 Å². The topological polar surface area (TPSA) is 27.0 Å². The average molecular weight is 230 g/mol. The molecule has 0 fully saturated rings. The van der Waals surface area contributed by atoms with Crippen molar-refractivity contribution in [1.29, 1.82) is 5.26 Å². The second kappa shape index (κ2) is 5.84. The molecule has 1 aromatic carbocycles. The molecule has 1 rings (SSSR count). The number of nitriles is 1. The Morgan fingerprint density at radius 1 is 1.24 bits per heavy atom. The zero-order valence-electron chi connectivity index (χ0n) is 11.4. The second-order valence-electron chi connectivity index (χ2n) is 5.22. The molecule has 0 heterocycles. The molecule has 2 atom stereocenters. The van der Waals surface area contributed by atoms with Crippen molar-refractivity contribution < 1.29 is 0 Å². The van der Waals surface area contributed by atoms with Crippen LogP contribution in [0.4, 0.5) is 0 Å². The van der Waals surface area contributed by atoms with Gasteiger partial charge in [0.15, 0.2) is 0 Å². The van der Waals surface area contributed by atoms with Gasteiger partial charge in [0, 0.05) is 0 Å². The van der Waals surface area contributed by atoms with E-state index in [1.165, 1.54) is 11.1 Å². The summed E-state index contributed by atoms with van der Waals surface area (Å²) in [6.07, 6.45) is 0. The first kappa shape index (κ1) is 13.7. The van der Waals surface area contributed by atoms with Crippen LogP contribution in [0.5, 0.6) is 0 Å². The highest BCUT2D eigenvalue weighted by molar-refractivity contribution is 5.27. The Kier molecular flexibility index (Phi) is 4.72.